The van der Waals surface area contributed by atoms with Crippen molar-refractivity contribution in [2.75, 3.05) is 0 Å². The maximum Gasteiger partial charge on any atom is 0.320 e. The molecule has 6 nitrogen and oxygen atoms in total. The van der Waals surface area contributed by atoms with Crippen molar-refractivity contribution < 1.29 is 14.8 Å². The van der Waals surface area contributed by atoms with E-state index in [2.05, 4.69) is 5.32 Å². The highest BCUT2D eigenvalue weighted by atomic mass is 16.6. The molecule has 0 saturated carbocycles. The van der Waals surface area contributed by atoms with Crippen molar-refractivity contribution in [2.45, 2.75) is 45.7 Å². The van der Waals surface area contributed by atoms with Crippen LogP contribution in [-0.2, 0) is 11.3 Å². The number of benzene rings is 1. The van der Waals surface area contributed by atoms with Gasteiger partial charge in [-0.15, -0.1) is 0 Å². The summed E-state index contributed by atoms with van der Waals surface area (Å²) in [5.74, 6) is -0.887. The molecule has 1 atom stereocenters. The molecule has 0 fully saturated rings. The van der Waals surface area contributed by atoms with E-state index in [1.807, 2.05) is 6.92 Å². The van der Waals surface area contributed by atoms with E-state index in [-0.39, 0.29) is 5.69 Å². The highest BCUT2D eigenvalue weighted by molar-refractivity contribution is 5.73. The molecule has 1 aromatic rings. The van der Waals surface area contributed by atoms with Crippen molar-refractivity contribution in [3.63, 3.8) is 0 Å². The third-order valence-corrected chi connectivity index (χ3v) is 3.30. The van der Waals surface area contributed by atoms with Gasteiger partial charge in [-0.25, -0.2) is 0 Å². The summed E-state index contributed by atoms with van der Waals surface area (Å²) in [6.45, 7) is 3.99. The third-order valence-electron chi connectivity index (χ3n) is 3.30. The van der Waals surface area contributed by atoms with Crippen LogP contribution in [0, 0.1) is 17.0 Å². The van der Waals surface area contributed by atoms with Crippen LogP contribution in [-0.4, -0.2) is 22.0 Å². The molecule has 0 aliphatic heterocycles. The Kier molecular flexibility index (Phi) is 6.11. The van der Waals surface area contributed by atoms with Crippen molar-refractivity contribution in [2.24, 2.45) is 0 Å². The molecular weight excluding hydrogens is 260 g/mol. The number of aliphatic carboxylic acids is 1. The van der Waals surface area contributed by atoms with Crippen molar-refractivity contribution in [1.82, 2.24) is 5.32 Å². The van der Waals surface area contributed by atoms with Crippen LogP contribution in [0.15, 0.2) is 18.2 Å². The third kappa shape index (κ3) is 4.31. The van der Waals surface area contributed by atoms with E-state index in [1.165, 1.54) is 6.07 Å². The minimum Gasteiger partial charge on any atom is -0.480 e. The van der Waals surface area contributed by atoms with E-state index in [9.17, 15) is 14.9 Å². The van der Waals surface area contributed by atoms with E-state index >= 15 is 0 Å². The Morgan fingerprint density at radius 1 is 1.50 bits per heavy atom. The van der Waals surface area contributed by atoms with Crippen LogP contribution in [0.25, 0.3) is 0 Å². The first-order chi connectivity index (χ1) is 9.47. The lowest BCUT2D eigenvalue weighted by Crippen LogP contribution is -2.36. The van der Waals surface area contributed by atoms with Crippen LogP contribution in [0.1, 0.15) is 37.3 Å². The number of hydrogen-bond acceptors (Lipinski definition) is 4. The lowest BCUT2D eigenvalue weighted by atomic mass is 10.1. The summed E-state index contributed by atoms with van der Waals surface area (Å²) in [4.78, 5) is 21.5. The summed E-state index contributed by atoms with van der Waals surface area (Å²) in [5.41, 5.74) is 1.39. The van der Waals surface area contributed by atoms with Gasteiger partial charge < -0.3 is 10.4 Å². The van der Waals surface area contributed by atoms with Gasteiger partial charge in [0, 0.05) is 18.2 Å². The van der Waals surface area contributed by atoms with E-state index in [0.29, 0.717) is 18.5 Å². The first-order valence-corrected chi connectivity index (χ1v) is 6.66. The monoisotopic (exact) mass is 280 g/mol. The Bertz CT molecular complexity index is 488. The number of nitro groups is 1. The predicted octanol–water partition coefficient (Wildman–Crippen LogP) is 2.64. The zero-order valence-corrected chi connectivity index (χ0v) is 11.8. The SMILES string of the molecule is CCCCC(NCc1cccc([N+](=O)[O-])c1C)C(=O)O. The van der Waals surface area contributed by atoms with Crippen molar-refractivity contribution >= 4 is 11.7 Å². The molecule has 0 aliphatic carbocycles. The summed E-state index contributed by atoms with van der Waals surface area (Å²) >= 11 is 0. The van der Waals surface area contributed by atoms with E-state index in [1.54, 1.807) is 19.1 Å². The highest BCUT2D eigenvalue weighted by Gasteiger charge is 2.18. The minimum atomic E-state index is -0.887. The zero-order chi connectivity index (χ0) is 15.1. The average molecular weight is 280 g/mol. The molecule has 0 saturated heterocycles. The maximum atomic E-state index is 11.1. The van der Waals surface area contributed by atoms with Gasteiger partial charge in [-0.1, -0.05) is 31.9 Å². The Hall–Kier alpha value is -1.95. The fraction of sp³-hybridized carbons (Fsp3) is 0.500. The molecule has 1 aromatic carbocycles. The van der Waals surface area contributed by atoms with E-state index < -0.39 is 16.9 Å². The molecule has 20 heavy (non-hydrogen) atoms. The summed E-state index contributed by atoms with van der Waals surface area (Å²) in [6.07, 6.45) is 2.32. The molecule has 0 radical (unpaired) electrons. The van der Waals surface area contributed by atoms with Crippen LogP contribution >= 0.6 is 0 Å². The number of unbranched alkanes of at least 4 members (excludes halogenated alkanes) is 1. The van der Waals surface area contributed by atoms with Gasteiger partial charge in [0.2, 0.25) is 0 Å². The van der Waals surface area contributed by atoms with E-state index in [0.717, 1.165) is 18.4 Å². The zero-order valence-electron chi connectivity index (χ0n) is 11.8. The second kappa shape index (κ2) is 7.59. The van der Waals surface area contributed by atoms with Gasteiger partial charge in [-0.05, 0) is 18.9 Å². The molecule has 1 rings (SSSR count). The molecule has 0 amide bonds. The molecule has 6 heteroatoms. The number of hydrogen-bond donors (Lipinski definition) is 2. The summed E-state index contributed by atoms with van der Waals surface area (Å²) in [6, 6.07) is 4.22. The molecule has 110 valence electrons. The Balaban J connectivity index is 2.75. The lowest BCUT2D eigenvalue weighted by Gasteiger charge is -2.15. The second-order valence-electron chi connectivity index (χ2n) is 4.73. The number of rotatable bonds is 8. The van der Waals surface area contributed by atoms with Gasteiger partial charge in [0.05, 0.1) is 4.92 Å². The fourth-order valence-corrected chi connectivity index (χ4v) is 2.01. The molecule has 0 heterocycles. The van der Waals surface area contributed by atoms with Crippen LogP contribution in [0.4, 0.5) is 5.69 Å². The standard InChI is InChI=1S/C14H20N2O4/c1-3-4-7-12(14(17)18)15-9-11-6-5-8-13(10(11)2)16(19)20/h5-6,8,12,15H,3-4,7,9H2,1-2H3,(H,17,18). The largest absolute Gasteiger partial charge is 0.480 e. The molecule has 0 aliphatic rings. The van der Waals surface area contributed by atoms with Crippen LogP contribution in [0.3, 0.4) is 0 Å². The molecule has 0 aromatic heterocycles. The summed E-state index contributed by atoms with van der Waals surface area (Å²) in [7, 11) is 0. The number of nitrogens with zero attached hydrogens (tertiary/aromatic N) is 1. The predicted molar refractivity (Wildman–Crippen MR) is 75.6 cm³/mol. The van der Waals surface area contributed by atoms with Crippen molar-refractivity contribution in [3.8, 4) is 0 Å². The van der Waals surface area contributed by atoms with Crippen LogP contribution in [0.5, 0.6) is 0 Å². The van der Waals surface area contributed by atoms with Crippen molar-refractivity contribution in [1.29, 1.82) is 0 Å². The Morgan fingerprint density at radius 3 is 2.75 bits per heavy atom. The highest BCUT2D eigenvalue weighted by Crippen LogP contribution is 2.21. The number of nitro benzene ring substituents is 1. The quantitative estimate of drug-likeness (QED) is 0.564. The van der Waals surface area contributed by atoms with Gasteiger partial charge in [-0.2, -0.15) is 0 Å². The topological polar surface area (TPSA) is 92.5 Å². The maximum absolute atomic E-state index is 11.1. The van der Waals surface area contributed by atoms with Gasteiger partial charge in [0.15, 0.2) is 0 Å². The second-order valence-corrected chi connectivity index (χ2v) is 4.73. The Labute approximate surface area is 118 Å². The van der Waals surface area contributed by atoms with Gasteiger partial charge in [-0.3, -0.25) is 14.9 Å². The van der Waals surface area contributed by atoms with Crippen LogP contribution in [0.2, 0.25) is 0 Å². The van der Waals surface area contributed by atoms with Gasteiger partial charge in [0.25, 0.3) is 5.69 Å². The number of carboxylic acids is 1. The average Bonchev–Trinajstić information content (AvgIpc) is 2.39. The lowest BCUT2D eigenvalue weighted by molar-refractivity contribution is -0.385. The number of carbonyl (C=O) groups is 1. The number of nitrogens with one attached hydrogen (secondary N) is 1. The van der Waals surface area contributed by atoms with Gasteiger partial charge >= 0.3 is 5.97 Å². The van der Waals surface area contributed by atoms with Crippen LogP contribution < -0.4 is 5.32 Å². The van der Waals surface area contributed by atoms with E-state index in [4.69, 9.17) is 5.11 Å². The number of carboxylic acid groups (broad SMARTS) is 1. The minimum absolute atomic E-state index is 0.0599. The molecule has 1 unspecified atom stereocenters. The summed E-state index contributed by atoms with van der Waals surface area (Å²) in [5, 5.41) is 22.9. The van der Waals surface area contributed by atoms with Crippen molar-refractivity contribution in [3.05, 3.63) is 39.4 Å². The molecule has 2 N–H and O–H groups in total. The van der Waals surface area contributed by atoms with Gasteiger partial charge in [0.1, 0.15) is 6.04 Å². The Morgan fingerprint density at radius 2 is 2.20 bits per heavy atom. The molecular formula is C14H20N2O4. The normalized spacial score (nSPS) is 12.1. The molecule has 0 spiro atoms. The fourth-order valence-electron chi connectivity index (χ4n) is 2.01. The first kappa shape index (κ1) is 16.1. The first-order valence-electron chi connectivity index (χ1n) is 6.66. The molecule has 0 bridgehead atoms. The smallest absolute Gasteiger partial charge is 0.320 e. The summed E-state index contributed by atoms with van der Waals surface area (Å²) < 4.78 is 0.